The first-order valence-electron chi connectivity index (χ1n) is 13.1. The molecule has 3 aromatic rings. The fourth-order valence-electron chi connectivity index (χ4n) is 3.82. The average Bonchev–Trinajstić information content (AvgIpc) is 2.93. The molecule has 0 aliphatic rings. The van der Waals surface area contributed by atoms with Gasteiger partial charge in [0.2, 0.25) is 5.91 Å². The first kappa shape index (κ1) is 30.5. The Labute approximate surface area is 239 Å². The third kappa shape index (κ3) is 9.90. The normalized spacial score (nSPS) is 10.6. The zero-order valence-corrected chi connectivity index (χ0v) is 23.8. The van der Waals surface area contributed by atoms with Gasteiger partial charge in [0.25, 0.3) is 0 Å². The molecule has 0 aliphatic carbocycles. The summed E-state index contributed by atoms with van der Waals surface area (Å²) in [4.78, 5) is 32.8. The average molecular weight is 567 g/mol. The molecule has 1 heterocycles. The Morgan fingerprint density at radius 1 is 0.975 bits per heavy atom. The first-order valence-corrected chi connectivity index (χ1v) is 13.5. The van der Waals surface area contributed by atoms with Crippen LogP contribution in [-0.2, 0) is 11.2 Å². The number of halogens is 1. The molecule has 1 aromatic heterocycles. The van der Waals surface area contributed by atoms with E-state index in [2.05, 4.69) is 39.7 Å². The number of nitrogens with one attached hydrogen (secondary N) is 3. The van der Waals surface area contributed by atoms with Crippen LogP contribution >= 0.6 is 12.2 Å². The number of hydrogen-bond acceptors (Lipinski definition) is 6. The number of rotatable bonds is 12. The minimum atomic E-state index is -0.619. The Kier molecular flexibility index (Phi) is 11.8. The summed E-state index contributed by atoms with van der Waals surface area (Å²) in [6.45, 7) is 7.72. The van der Waals surface area contributed by atoms with Crippen molar-refractivity contribution in [3.05, 3.63) is 78.2 Å². The van der Waals surface area contributed by atoms with Crippen molar-refractivity contribution in [2.75, 3.05) is 43.9 Å². The van der Waals surface area contributed by atoms with Crippen LogP contribution in [0.1, 0.15) is 25.8 Å². The standard InChI is InChI=1S/C29H35FN6O3S/c1-4-36(5-2)17-9-16-35(3)29(38)33-26-20-23(14-15-31-26)39-22-12-13-25(24(30)19-22)32-28(40)34-27(37)18-21-10-7-6-8-11-21/h6-8,10-15,19-20H,4-5,9,16-18H2,1-3H3,(H,31,33,38)(H2,32,34,37,40). The lowest BCUT2D eigenvalue weighted by Gasteiger charge is -2.21. The van der Waals surface area contributed by atoms with Crippen LogP contribution in [0.5, 0.6) is 11.5 Å². The zero-order chi connectivity index (χ0) is 28.9. The van der Waals surface area contributed by atoms with Crippen molar-refractivity contribution < 1.29 is 18.7 Å². The number of carbonyl (C=O) groups is 2. The SMILES string of the molecule is CCN(CC)CCCN(C)C(=O)Nc1cc(Oc2ccc(NC(=S)NC(=O)Cc3ccccc3)c(F)c2)ccn1. The molecule has 11 heteroatoms. The summed E-state index contributed by atoms with van der Waals surface area (Å²) in [6, 6.07) is 16.3. The molecule has 40 heavy (non-hydrogen) atoms. The van der Waals surface area contributed by atoms with Gasteiger partial charge in [-0.05, 0) is 62.0 Å². The summed E-state index contributed by atoms with van der Waals surface area (Å²) in [7, 11) is 1.73. The highest BCUT2D eigenvalue weighted by atomic mass is 32.1. The summed E-state index contributed by atoms with van der Waals surface area (Å²) < 4.78 is 20.5. The molecule has 212 valence electrons. The van der Waals surface area contributed by atoms with Gasteiger partial charge >= 0.3 is 6.03 Å². The van der Waals surface area contributed by atoms with E-state index in [0.717, 1.165) is 31.6 Å². The second-order valence-corrected chi connectivity index (χ2v) is 9.43. The molecule has 3 amide bonds. The number of nitrogens with zero attached hydrogens (tertiary/aromatic N) is 3. The van der Waals surface area contributed by atoms with Gasteiger partial charge in [0, 0.05) is 31.9 Å². The molecule has 3 N–H and O–H groups in total. The van der Waals surface area contributed by atoms with E-state index in [1.54, 1.807) is 30.1 Å². The number of carbonyl (C=O) groups excluding carboxylic acids is 2. The molecule has 0 atom stereocenters. The van der Waals surface area contributed by atoms with E-state index in [1.807, 2.05) is 30.3 Å². The molecular weight excluding hydrogens is 531 g/mol. The monoisotopic (exact) mass is 566 g/mol. The van der Waals surface area contributed by atoms with E-state index in [-0.39, 0.29) is 34.9 Å². The summed E-state index contributed by atoms with van der Waals surface area (Å²) in [6.07, 6.45) is 2.51. The maximum Gasteiger partial charge on any atom is 0.322 e. The van der Waals surface area contributed by atoms with Gasteiger partial charge in [0.05, 0.1) is 12.1 Å². The number of hydrogen-bond donors (Lipinski definition) is 3. The van der Waals surface area contributed by atoms with Crippen molar-refractivity contribution in [3.63, 3.8) is 0 Å². The molecule has 0 aliphatic heterocycles. The number of thiocarbonyl (C=S) groups is 1. The van der Waals surface area contributed by atoms with Crippen molar-refractivity contribution in [2.45, 2.75) is 26.7 Å². The molecule has 0 fully saturated rings. The quantitative estimate of drug-likeness (QED) is 0.257. The Hall–Kier alpha value is -4.09. The lowest BCUT2D eigenvalue weighted by atomic mass is 10.1. The molecule has 9 nitrogen and oxygen atoms in total. The van der Waals surface area contributed by atoms with Gasteiger partial charge in [-0.1, -0.05) is 44.2 Å². The van der Waals surface area contributed by atoms with E-state index >= 15 is 0 Å². The van der Waals surface area contributed by atoms with Crippen LogP contribution < -0.4 is 20.7 Å². The lowest BCUT2D eigenvalue weighted by Crippen LogP contribution is -2.35. The van der Waals surface area contributed by atoms with Crippen molar-refractivity contribution >= 4 is 40.8 Å². The molecule has 0 spiro atoms. The third-order valence-electron chi connectivity index (χ3n) is 6.06. The van der Waals surface area contributed by atoms with Crippen molar-refractivity contribution in [1.82, 2.24) is 20.1 Å². The molecular formula is C29H35FN6O3S. The molecule has 0 saturated carbocycles. The number of anilines is 2. The van der Waals surface area contributed by atoms with Crippen molar-refractivity contribution in [1.29, 1.82) is 0 Å². The van der Waals surface area contributed by atoms with Gasteiger partial charge in [-0.15, -0.1) is 0 Å². The Morgan fingerprint density at radius 2 is 1.70 bits per heavy atom. The minimum absolute atomic E-state index is 0.0129. The minimum Gasteiger partial charge on any atom is -0.457 e. The van der Waals surface area contributed by atoms with Gasteiger partial charge in [0.1, 0.15) is 23.1 Å². The highest BCUT2D eigenvalue weighted by molar-refractivity contribution is 7.80. The molecule has 0 unspecified atom stereocenters. The lowest BCUT2D eigenvalue weighted by molar-refractivity contribution is -0.119. The molecule has 0 saturated heterocycles. The molecule has 2 aromatic carbocycles. The Bertz CT molecular complexity index is 1290. The van der Waals surface area contributed by atoms with Crippen LogP contribution in [0.2, 0.25) is 0 Å². The highest BCUT2D eigenvalue weighted by Crippen LogP contribution is 2.26. The predicted octanol–water partition coefficient (Wildman–Crippen LogP) is 5.26. The summed E-state index contributed by atoms with van der Waals surface area (Å²) in [5.74, 6) is -0.00707. The summed E-state index contributed by atoms with van der Waals surface area (Å²) in [5, 5.41) is 7.98. The van der Waals surface area contributed by atoms with Gasteiger partial charge < -0.3 is 25.2 Å². The van der Waals surface area contributed by atoms with E-state index in [1.165, 1.54) is 18.3 Å². The van der Waals surface area contributed by atoms with Gasteiger partial charge in [-0.25, -0.2) is 14.2 Å². The maximum atomic E-state index is 14.7. The van der Waals surface area contributed by atoms with E-state index in [9.17, 15) is 14.0 Å². The Morgan fingerprint density at radius 3 is 2.40 bits per heavy atom. The molecule has 0 radical (unpaired) electrons. The second-order valence-electron chi connectivity index (χ2n) is 9.02. The zero-order valence-electron chi connectivity index (χ0n) is 22.9. The molecule has 3 rings (SSSR count). The van der Waals surface area contributed by atoms with Crippen LogP contribution in [0.4, 0.5) is 20.7 Å². The smallest absolute Gasteiger partial charge is 0.322 e. The number of urea groups is 1. The van der Waals surface area contributed by atoms with Gasteiger partial charge in [-0.3, -0.25) is 10.1 Å². The number of ether oxygens (including phenoxy) is 1. The number of benzene rings is 2. The van der Waals surface area contributed by atoms with Crippen molar-refractivity contribution in [3.8, 4) is 11.5 Å². The van der Waals surface area contributed by atoms with Gasteiger partial charge in [0.15, 0.2) is 5.11 Å². The fraction of sp³-hybridized carbons (Fsp3) is 0.310. The summed E-state index contributed by atoms with van der Waals surface area (Å²) in [5.41, 5.74) is 0.927. The van der Waals surface area contributed by atoms with Crippen LogP contribution in [0.25, 0.3) is 0 Å². The van der Waals surface area contributed by atoms with Gasteiger partial charge in [-0.2, -0.15) is 0 Å². The highest BCUT2D eigenvalue weighted by Gasteiger charge is 2.13. The van der Waals surface area contributed by atoms with Crippen LogP contribution in [0, 0.1) is 5.82 Å². The van der Waals surface area contributed by atoms with E-state index in [0.29, 0.717) is 18.1 Å². The predicted molar refractivity (Wildman–Crippen MR) is 159 cm³/mol. The number of pyridine rings is 1. The molecule has 0 bridgehead atoms. The van der Waals surface area contributed by atoms with Crippen molar-refractivity contribution in [2.24, 2.45) is 0 Å². The van der Waals surface area contributed by atoms with Crippen LogP contribution in [-0.4, -0.2) is 65.1 Å². The Balaban J connectivity index is 1.51. The van der Waals surface area contributed by atoms with Crippen LogP contribution in [0.3, 0.4) is 0 Å². The number of amides is 3. The van der Waals surface area contributed by atoms with Crippen LogP contribution in [0.15, 0.2) is 66.9 Å². The van der Waals surface area contributed by atoms with E-state index < -0.39 is 5.82 Å². The third-order valence-corrected chi connectivity index (χ3v) is 6.26. The largest absolute Gasteiger partial charge is 0.457 e. The topological polar surface area (TPSA) is 98.8 Å². The first-order chi connectivity index (χ1) is 19.3. The second kappa shape index (κ2) is 15.5. The fourth-order valence-corrected chi connectivity index (χ4v) is 4.05. The summed E-state index contributed by atoms with van der Waals surface area (Å²) >= 11 is 5.15. The maximum absolute atomic E-state index is 14.7. The van der Waals surface area contributed by atoms with E-state index in [4.69, 9.17) is 17.0 Å². The number of aromatic nitrogens is 1.